The second-order valence-electron chi connectivity index (χ2n) is 5.89. The minimum atomic E-state index is 0.0312. The van der Waals surface area contributed by atoms with Crippen LogP contribution in [0.25, 0.3) is 11.8 Å². The van der Waals surface area contributed by atoms with E-state index in [4.69, 9.17) is 0 Å². The zero-order valence-corrected chi connectivity index (χ0v) is 13.0. The molecular formula is C20H16N2O2. The third-order valence-electron chi connectivity index (χ3n) is 4.25. The third kappa shape index (κ3) is 2.63. The van der Waals surface area contributed by atoms with Crippen molar-refractivity contribution in [1.29, 1.82) is 0 Å². The maximum Gasteiger partial charge on any atom is 0.189 e. The first kappa shape index (κ1) is 14.5. The van der Waals surface area contributed by atoms with Gasteiger partial charge in [-0.1, -0.05) is 18.2 Å². The zero-order chi connectivity index (χ0) is 16.5. The van der Waals surface area contributed by atoms with Crippen LogP contribution in [0.3, 0.4) is 0 Å². The molecule has 4 nitrogen and oxygen atoms in total. The van der Waals surface area contributed by atoms with Crippen molar-refractivity contribution in [1.82, 2.24) is 9.78 Å². The van der Waals surface area contributed by atoms with Gasteiger partial charge in [0.1, 0.15) is 5.75 Å². The first-order chi connectivity index (χ1) is 11.7. The molecule has 0 spiro atoms. The van der Waals surface area contributed by atoms with Crippen LogP contribution in [0.4, 0.5) is 0 Å². The van der Waals surface area contributed by atoms with Gasteiger partial charge in [0, 0.05) is 22.9 Å². The van der Waals surface area contributed by atoms with Crippen molar-refractivity contribution < 1.29 is 9.90 Å². The van der Waals surface area contributed by atoms with Crippen LogP contribution < -0.4 is 0 Å². The number of ketones is 1. The average Bonchev–Trinajstić information content (AvgIpc) is 3.07. The van der Waals surface area contributed by atoms with Crippen molar-refractivity contribution in [3.63, 3.8) is 0 Å². The number of benzene rings is 2. The number of phenolic OH excluding ortho intramolecular Hbond substituents is 1. The molecule has 0 bridgehead atoms. The van der Waals surface area contributed by atoms with Gasteiger partial charge in [-0.3, -0.25) is 4.79 Å². The number of hydrogen-bond donors (Lipinski definition) is 1. The van der Waals surface area contributed by atoms with Crippen LogP contribution in [0.15, 0.2) is 66.5 Å². The Morgan fingerprint density at radius 1 is 1.08 bits per heavy atom. The number of phenols is 1. The Balaban J connectivity index is 1.64. The van der Waals surface area contributed by atoms with Gasteiger partial charge in [0.05, 0.1) is 11.9 Å². The highest BCUT2D eigenvalue weighted by molar-refractivity contribution is 6.13. The van der Waals surface area contributed by atoms with Crippen LogP contribution in [0.2, 0.25) is 0 Å². The Morgan fingerprint density at radius 2 is 1.92 bits per heavy atom. The Bertz CT molecular complexity index is 939. The van der Waals surface area contributed by atoms with Crippen molar-refractivity contribution in [2.75, 3.05) is 0 Å². The maximum absolute atomic E-state index is 12.6. The molecule has 1 N–H and O–H groups in total. The van der Waals surface area contributed by atoms with Gasteiger partial charge in [0.2, 0.25) is 0 Å². The highest BCUT2D eigenvalue weighted by atomic mass is 16.3. The predicted octanol–water partition coefficient (Wildman–Crippen LogP) is 3.79. The minimum Gasteiger partial charge on any atom is -0.508 e. The second-order valence-corrected chi connectivity index (χ2v) is 5.89. The molecule has 4 rings (SSSR count). The van der Waals surface area contributed by atoms with Crippen LogP contribution in [-0.4, -0.2) is 20.7 Å². The molecule has 0 fully saturated rings. The largest absolute Gasteiger partial charge is 0.508 e. The number of aromatic nitrogens is 2. The van der Waals surface area contributed by atoms with Crippen molar-refractivity contribution in [2.24, 2.45) is 0 Å². The van der Waals surface area contributed by atoms with Gasteiger partial charge in [0.15, 0.2) is 5.78 Å². The van der Waals surface area contributed by atoms with Gasteiger partial charge < -0.3 is 5.11 Å². The summed E-state index contributed by atoms with van der Waals surface area (Å²) in [6.07, 6.45) is 7.02. The molecule has 2 aromatic carbocycles. The van der Waals surface area contributed by atoms with E-state index in [1.54, 1.807) is 29.1 Å². The summed E-state index contributed by atoms with van der Waals surface area (Å²) in [7, 11) is 0. The molecular weight excluding hydrogens is 300 g/mol. The highest BCUT2D eigenvalue weighted by Crippen LogP contribution is 2.29. The summed E-state index contributed by atoms with van der Waals surface area (Å²) in [6.45, 7) is 0. The monoisotopic (exact) mass is 316 g/mol. The minimum absolute atomic E-state index is 0.0312. The molecule has 1 heterocycles. The van der Waals surface area contributed by atoms with Crippen molar-refractivity contribution in [3.05, 3.63) is 83.2 Å². The summed E-state index contributed by atoms with van der Waals surface area (Å²) in [5, 5.41) is 13.9. The number of carbonyl (C=O) groups excluding carboxylic acids is 1. The Kier molecular flexibility index (Phi) is 3.50. The number of carbonyl (C=O) groups is 1. The van der Waals surface area contributed by atoms with E-state index in [-0.39, 0.29) is 11.5 Å². The molecule has 0 unspecified atom stereocenters. The third-order valence-corrected chi connectivity index (χ3v) is 4.25. The first-order valence-corrected chi connectivity index (χ1v) is 7.88. The zero-order valence-electron chi connectivity index (χ0n) is 13.0. The van der Waals surface area contributed by atoms with E-state index in [1.807, 2.05) is 42.6 Å². The van der Waals surface area contributed by atoms with Gasteiger partial charge in [-0.25, -0.2) is 4.68 Å². The van der Waals surface area contributed by atoms with E-state index in [0.717, 1.165) is 28.8 Å². The number of para-hydroxylation sites is 1. The molecule has 1 aromatic heterocycles. The lowest BCUT2D eigenvalue weighted by Crippen LogP contribution is -2.13. The molecule has 0 atom stereocenters. The van der Waals surface area contributed by atoms with Crippen LogP contribution in [0.5, 0.6) is 5.75 Å². The number of aromatic hydroxyl groups is 1. The van der Waals surface area contributed by atoms with Crippen LogP contribution in [0, 0.1) is 0 Å². The van der Waals surface area contributed by atoms with Gasteiger partial charge in [-0.2, -0.15) is 5.10 Å². The van der Waals surface area contributed by atoms with Crippen LogP contribution in [-0.2, 0) is 6.42 Å². The normalized spacial score (nSPS) is 15.5. The number of allylic oxidation sites excluding steroid dienone is 1. The maximum atomic E-state index is 12.6. The fourth-order valence-corrected chi connectivity index (χ4v) is 3.04. The molecule has 0 saturated heterocycles. The number of rotatable bonds is 2. The van der Waals surface area contributed by atoms with Crippen molar-refractivity contribution >= 4 is 11.9 Å². The molecule has 0 amide bonds. The lowest BCUT2D eigenvalue weighted by Gasteiger charge is -2.17. The molecule has 118 valence electrons. The number of Topliss-reactive ketones (excluding diaryl/α,β-unsaturated/α-hetero) is 1. The van der Waals surface area contributed by atoms with E-state index in [2.05, 4.69) is 5.10 Å². The number of hydrogen-bond acceptors (Lipinski definition) is 3. The topological polar surface area (TPSA) is 55.1 Å². The fraction of sp³-hybridized carbons (Fsp3) is 0.100. The van der Waals surface area contributed by atoms with E-state index in [1.165, 1.54) is 0 Å². The SMILES string of the molecule is O=C1/C(=C\c2cnn(-c3ccccc3)c2)CCc2cc(O)ccc21. The van der Waals surface area contributed by atoms with E-state index >= 15 is 0 Å². The summed E-state index contributed by atoms with van der Waals surface area (Å²) < 4.78 is 1.80. The Morgan fingerprint density at radius 3 is 2.75 bits per heavy atom. The van der Waals surface area contributed by atoms with E-state index in [0.29, 0.717) is 12.0 Å². The highest BCUT2D eigenvalue weighted by Gasteiger charge is 2.22. The van der Waals surface area contributed by atoms with Gasteiger partial charge >= 0.3 is 0 Å². The number of nitrogens with zero attached hydrogens (tertiary/aromatic N) is 2. The second kappa shape index (κ2) is 5.81. The van der Waals surface area contributed by atoms with Crippen LogP contribution >= 0.6 is 0 Å². The summed E-state index contributed by atoms with van der Waals surface area (Å²) >= 11 is 0. The van der Waals surface area contributed by atoms with Gasteiger partial charge in [-0.05, 0) is 54.8 Å². The lowest BCUT2D eigenvalue weighted by atomic mass is 9.86. The standard InChI is InChI=1S/C20H16N2O2/c23-18-8-9-19-15(11-18)6-7-16(20(19)24)10-14-12-21-22(13-14)17-4-2-1-3-5-17/h1-5,8-13,23H,6-7H2/b16-10-. The average molecular weight is 316 g/mol. The Labute approximate surface area is 139 Å². The predicted molar refractivity (Wildman–Crippen MR) is 92.3 cm³/mol. The molecule has 1 aliphatic carbocycles. The van der Waals surface area contributed by atoms with Crippen LogP contribution in [0.1, 0.15) is 27.9 Å². The molecule has 0 aliphatic heterocycles. The molecule has 1 aliphatic rings. The summed E-state index contributed by atoms with van der Waals surface area (Å²) in [6, 6.07) is 14.8. The number of aryl methyl sites for hydroxylation is 1. The molecule has 0 saturated carbocycles. The molecule has 0 radical (unpaired) electrons. The Hall–Kier alpha value is -3.14. The van der Waals surface area contributed by atoms with E-state index in [9.17, 15) is 9.90 Å². The quantitative estimate of drug-likeness (QED) is 0.732. The first-order valence-electron chi connectivity index (χ1n) is 7.88. The van der Waals surface area contributed by atoms with E-state index < -0.39 is 0 Å². The fourth-order valence-electron chi connectivity index (χ4n) is 3.04. The molecule has 24 heavy (non-hydrogen) atoms. The lowest BCUT2D eigenvalue weighted by molar-refractivity contribution is 0.102. The molecule has 4 heteroatoms. The van der Waals surface area contributed by atoms with Gasteiger partial charge in [0.25, 0.3) is 0 Å². The summed E-state index contributed by atoms with van der Waals surface area (Å²) in [5.74, 6) is 0.238. The van der Waals surface area contributed by atoms with Crippen molar-refractivity contribution in [3.8, 4) is 11.4 Å². The van der Waals surface area contributed by atoms with Crippen molar-refractivity contribution in [2.45, 2.75) is 12.8 Å². The molecule has 3 aromatic rings. The van der Waals surface area contributed by atoms with Gasteiger partial charge in [-0.15, -0.1) is 0 Å². The summed E-state index contributed by atoms with van der Waals surface area (Å²) in [5.41, 5.74) is 4.26. The number of fused-ring (bicyclic) bond motifs is 1. The smallest absolute Gasteiger partial charge is 0.189 e. The summed E-state index contributed by atoms with van der Waals surface area (Å²) in [4.78, 5) is 12.6.